The highest BCUT2D eigenvalue weighted by Crippen LogP contribution is 2.36. The summed E-state index contributed by atoms with van der Waals surface area (Å²) < 4.78 is 19.9. The third-order valence-electron chi connectivity index (χ3n) is 4.42. The number of halogens is 2. The molecule has 0 aliphatic carbocycles. The number of benzene rings is 2. The lowest BCUT2D eigenvalue weighted by atomic mass is 9.99. The Morgan fingerprint density at radius 1 is 1.12 bits per heavy atom. The fourth-order valence-electron chi connectivity index (χ4n) is 3.19. The van der Waals surface area contributed by atoms with Gasteiger partial charge in [0.05, 0.1) is 18.1 Å². The van der Waals surface area contributed by atoms with E-state index in [2.05, 4.69) is 9.97 Å². The number of fused-ring (bicyclic) bond motifs is 3. The Kier molecular flexibility index (Phi) is 3.54. The Morgan fingerprint density at radius 3 is 2.68 bits per heavy atom. The van der Waals surface area contributed by atoms with Crippen LogP contribution in [0.2, 0.25) is 5.02 Å². The van der Waals surface area contributed by atoms with Crippen LogP contribution >= 0.6 is 11.6 Å². The Hall–Kier alpha value is -2.79. The fraction of sp³-hybridized carbons (Fsp3) is 0.105. The smallest absolute Gasteiger partial charge is 0.252 e. The highest BCUT2D eigenvalue weighted by Gasteiger charge is 2.19. The van der Waals surface area contributed by atoms with Crippen molar-refractivity contribution in [2.45, 2.75) is 6.92 Å². The second-order valence-corrected chi connectivity index (χ2v) is 6.28. The highest BCUT2D eigenvalue weighted by molar-refractivity contribution is 6.31. The van der Waals surface area contributed by atoms with Crippen molar-refractivity contribution < 1.29 is 9.13 Å². The normalized spacial score (nSPS) is 11.4. The highest BCUT2D eigenvalue weighted by atomic mass is 35.5. The van der Waals surface area contributed by atoms with E-state index >= 15 is 0 Å². The summed E-state index contributed by atoms with van der Waals surface area (Å²) in [6, 6.07) is 10.2. The van der Waals surface area contributed by atoms with Gasteiger partial charge in [-0.2, -0.15) is 0 Å². The van der Waals surface area contributed by atoms with Crippen LogP contribution in [0.15, 0.2) is 41.2 Å². The van der Waals surface area contributed by atoms with Crippen molar-refractivity contribution >= 4 is 33.5 Å². The lowest BCUT2D eigenvalue weighted by molar-refractivity contribution is 0.387. The molecule has 4 rings (SSSR count). The van der Waals surface area contributed by atoms with Crippen molar-refractivity contribution in [1.29, 1.82) is 0 Å². The van der Waals surface area contributed by atoms with Crippen molar-refractivity contribution in [3.8, 4) is 16.9 Å². The average Bonchev–Trinajstić information content (AvgIpc) is 2.94. The first-order valence-corrected chi connectivity index (χ1v) is 8.05. The first-order chi connectivity index (χ1) is 12.0. The summed E-state index contributed by atoms with van der Waals surface area (Å²) >= 11 is 6.09. The molecular weight excluding hydrogens is 343 g/mol. The van der Waals surface area contributed by atoms with Crippen LogP contribution in [-0.4, -0.2) is 17.1 Å². The minimum atomic E-state index is -0.503. The van der Waals surface area contributed by atoms with Gasteiger partial charge in [0.25, 0.3) is 5.56 Å². The number of H-pyrrole nitrogens is 2. The van der Waals surface area contributed by atoms with E-state index in [0.717, 1.165) is 10.9 Å². The van der Waals surface area contributed by atoms with Gasteiger partial charge in [-0.1, -0.05) is 23.7 Å². The van der Waals surface area contributed by atoms with Crippen LogP contribution in [0.3, 0.4) is 0 Å². The van der Waals surface area contributed by atoms with Gasteiger partial charge in [-0.3, -0.25) is 4.79 Å². The van der Waals surface area contributed by atoms with Gasteiger partial charge in [-0.05, 0) is 31.2 Å². The van der Waals surface area contributed by atoms with Crippen LogP contribution in [0.25, 0.3) is 33.1 Å². The molecule has 0 aliphatic heterocycles. The first-order valence-electron chi connectivity index (χ1n) is 7.68. The summed E-state index contributed by atoms with van der Waals surface area (Å²) in [4.78, 5) is 18.6. The van der Waals surface area contributed by atoms with Crippen molar-refractivity contribution in [3.63, 3.8) is 0 Å². The van der Waals surface area contributed by atoms with E-state index in [1.807, 2.05) is 6.07 Å². The number of hydrogen-bond donors (Lipinski definition) is 2. The van der Waals surface area contributed by atoms with Crippen LogP contribution < -0.4 is 10.3 Å². The second kappa shape index (κ2) is 5.63. The van der Waals surface area contributed by atoms with Gasteiger partial charge in [0.1, 0.15) is 0 Å². The molecule has 0 amide bonds. The number of methoxy groups -OCH3 is 1. The van der Waals surface area contributed by atoms with E-state index in [9.17, 15) is 9.18 Å². The van der Waals surface area contributed by atoms with E-state index in [1.165, 1.54) is 7.11 Å². The maximum absolute atomic E-state index is 14.8. The van der Waals surface area contributed by atoms with Crippen molar-refractivity contribution in [2.75, 3.05) is 7.11 Å². The fourth-order valence-corrected chi connectivity index (χ4v) is 3.36. The molecule has 4 nitrogen and oxygen atoms in total. The lowest BCUT2D eigenvalue weighted by Crippen LogP contribution is -2.11. The van der Waals surface area contributed by atoms with Gasteiger partial charge in [0, 0.05) is 32.6 Å². The number of rotatable bonds is 2. The van der Waals surface area contributed by atoms with Gasteiger partial charge < -0.3 is 14.7 Å². The predicted molar refractivity (Wildman–Crippen MR) is 98.1 cm³/mol. The van der Waals surface area contributed by atoms with Gasteiger partial charge in [0.15, 0.2) is 11.6 Å². The Labute approximate surface area is 147 Å². The summed E-state index contributed by atoms with van der Waals surface area (Å²) in [6.45, 7) is 1.67. The average molecular weight is 357 g/mol. The summed E-state index contributed by atoms with van der Waals surface area (Å²) in [5.41, 5.74) is 3.05. The Balaban J connectivity index is 2.19. The number of aromatic nitrogens is 2. The molecular formula is C19H14ClFN2O2. The topological polar surface area (TPSA) is 57.9 Å². The zero-order valence-electron chi connectivity index (χ0n) is 13.5. The molecule has 0 bridgehead atoms. The number of hydrogen-bond acceptors (Lipinski definition) is 2. The van der Waals surface area contributed by atoms with Crippen molar-refractivity contribution in [3.05, 3.63) is 63.2 Å². The minimum absolute atomic E-state index is 0.129. The molecule has 0 radical (unpaired) electrons. The van der Waals surface area contributed by atoms with Crippen molar-refractivity contribution in [1.82, 2.24) is 9.97 Å². The summed E-state index contributed by atoms with van der Waals surface area (Å²) in [7, 11) is 1.41. The molecule has 0 atom stereocenters. The molecule has 2 aromatic heterocycles. The molecule has 25 heavy (non-hydrogen) atoms. The van der Waals surface area contributed by atoms with Crippen LogP contribution in [0.5, 0.6) is 5.75 Å². The van der Waals surface area contributed by atoms with E-state index in [4.69, 9.17) is 16.3 Å². The minimum Gasteiger partial charge on any atom is -0.494 e. The molecule has 2 N–H and O–H groups in total. The molecule has 0 unspecified atom stereocenters. The molecule has 0 aliphatic rings. The lowest BCUT2D eigenvalue weighted by Gasteiger charge is -2.11. The van der Waals surface area contributed by atoms with E-state index in [1.54, 1.807) is 37.3 Å². The van der Waals surface area contributed by atoms with Gasteiger partial charge in [-0.15, -0.1) is 0 Å². The third-order valence-corrected chi connectivity index (χ3v) is 4.65. The maximum atomic E-state index is 14.8. The van der Waals surface area contributed by atoms with Gasteiger partial charge in [-0.25, -0.2) is 4.39 Å². The van der Waals surface area contributed by atoms with Gasteiger partial charge >= 0.3 is 0 Å². The molecule has 6 heteroatoms. The molecule has 0 saturated heterocycles. The van der Waals surface area contributed by atoms with Crippen LogP contribution in [-0.2, 0) is 0 Å². The molecule has 0 saturated carbocycles. The molecule has 2 aromatic carbocycles. The standard InChI is InChI=1S/C19H14ClFN2O2/c1-9-15(11-4-3-5-14(25-2)16(11)21)18-17(23-19(9)24)12-8-10(20)6-7-13(12)22-18/h3-8,22H,1-2H3,(H,23,24). The quantitative estimate of drug-likeness (QED) is 0.542. The number of ether oxygens (including phenoxy) is 1. The Bertz CT molecular complexity index is 1190. The summed E-state index contributed by atoms with van der Waals surface area (Å²) in [5.74, 6) is -0.374. The monoisotopic (exact) mass is 356 g/mol. The summed E-state index contributed by atoms with van der Waals surface area (Å²) in [5, 5.41) is 1.34. The van der Waals surface area contributed by atoms with E-state index in [0.29, 0.717) is 32.7 Å². The van der Waals surface area contributed by atoms with Crippen molar-refractivity contribution in [2.24, 2.45) is 0 Å². The second-order valence-electron chi connectivity index (χ2n) is 5.84. The van der Waals surface area contributed by atoms with E-state index < -0.39 is 5.82 Å². The number of pyridine rings is 1. The van der Waals surface area contributed by atoms with Crippen LogP contribution in [0, 0.1) is 12.7 Å². The zero-order valence-corrected chi connectivity index (χ0v) is 14.3. The van der Waals surface area contributed by atoms with Crippen LogP contribution in [0.1, 0.15) is 5.56 Å². The maximum Gasteiger partial charge on any atom is 0.252 e. The SMILES string of the molecule is COc1cccc(-c2c(C)c(=O)[nH]c3c2[nH]c2ccc(Cl)cc23)c1F. The molecule has 126 valence electrons. The molecule has 0 spiro atoms. The number of nitrogens with one attached hydrogen (secondary N) is 2. The first kappa shape index (κ1) is 15.7. The largest absolute Gasteiger partial charge is 0.494 e. The zero-order chi connectivity index (χ0) is 17.7. The predicted octanol–water partition coefficient (Wildman–Crippen LogP) is 4.79. The molecule has 4 aromatic rings. The molecule has 2 heterocycles. The number of aromatic amines is 2. The third kappa shape index (κ3) is 2.31. The molecule has 0 fully saturated rings. The Morgan fingerprint density at radius 2 is 1.92 bits per heavy atom. The van der Waals surface area contributed by atoms with Gasteiger partial charge in [0.2, 0.25) is 0 Å². The van der Waals surface area contributed by atoms with Crippen LogP contribution in [0.4, 0.5) is 4.39 Å². The van der Waals surface area contributed by atoms with E-state index in [-0.39, 0.29) is 11.3 Å². The summed E-state index contributed by atoms with van der Waals surface area (Å²) in [6.07, 6.45) is 0.